The summed E-state index contributed by atoms with van der Waals surface area (Å²) < 4.78 is 16.9. The third kappa shape index (κ3) is 58.9. The van der Waals surface area contributed by atoms with Crippen LogP contribution in [0.3, 0.4) is 0 Å². The molecule has 0 fully saturated rings. The van der Waals surface area contributed by atoms with E-state index in [-0.39, 0.29) is 31.1 Å². The Hall–Kier alpha value is -1.85. The van der Waals surface area contributed by atoms with Crippen LogP contribution in [0.25, 0.3) is 0 Å². The van der Waals surface area contributed by atoms with Crippen molar-refractivity contribution in [3.05, 3.63) is 12.2 Å². The molecule has 0 aromatic rings. The van der Waals surface area contributed by atoms with Crippen LogP contribution in [0, 0.1) is 0 Å². The highest BCUT2D eigenvalue weighted by Gasteiger charge is 2.19. The Balaban J connectivity index is 4.12. The van der Waals surface area contributed by atoms with Crippen LogP contribution in [0.15, 0.2) is 12.2 Å². The van der Waals surface area contributed by atoms with Crippen LogP contribution in [0.2, 0.25) is 0 Å². The molecule has 0 aliphatic rings. The first-order valence-corrected chi connectivity index (χ1v) is 32.2. The number of esters is 3. The molecular formula is C65H124O6. The molecule has 0 saturated carbocycles. The van der Waals surface area contributed by atoms with Crippen LogP contribution in [0.1, 0.15) is 367 Å². The van der Waals surface area contributed by atoms with Crippen molar-refractivity contribution in [2.75, 3.05) is 13.2 Å². The summed E-state index contributed by atoms with van der Waals surface area (Å²) in [6, 6.07) is 0. The van der Waals surface area contributed by atoms with Crippen LogP contribution >= 0.6 is 0 Å². The van der Waals surface area contributed by atoms with Crippen LogP contribution in [0.5, 0.6) is 0 Å². The van der Waals surface area contributed by atoms with E-state index < -0.39 is 6.10 Å². The fourth-order valence-corrected chi connectivity index (χ4v) is 9.92. The number of allylic oxidation sites excluding steroid dienone is 2. The lowest BCUT2D eigenvalue weighted by Gasteiger charge is -2.18. The maximum absolute atomic E-state index is 12.9. The zero-order valence-corrected chi connectivity index (χ0v) is 48.3. The van der Waals surface area contributed by atoms with Gasteiger partial charge in [-0.2, -0.15) is 0 Å². The third-order valence-corrected chi connectivity index (χ3v) is 14.8. The molecule has 6 heteroatoms. The number of rotatable bonds is 60. The van der Waals surface area contributed by atoms with Crippen LogP contribution in [-0.2, 0) is 28.6 Å². The van der Waals surface area contributed by atoms with Crippen LogP contribution in [-0.4, -0.2) is 37.2 Å². The van der Waals surface area contributed by atoms with E-state index in [1.807, 2.05) is 0 Å². The Morgan fingerprint density at radius 1 is 0.268 bits per heavy atom. The Bertz CT molecular complexity index is 1100. The molecule has 0 aliphatic carbocycles. The molecule has 0 spiro atoms. The van der Waals surface area contributed by atoms with E-state index in [9.17, 15) is 14.4 Å². The predicted octanol–water partition coefficient (Wildman–Crippen LogP) is 21.7. The summed E-state index contributed by atoms with van der Waals surface area (Å²) >= 11 is 0. The lowest BCUT2D eigenvalue weighted by atomic mass is 10.0. The second kappa shape index (κ2) is 60.7. The molecular weight excluding hydrogens is 877 g/mol. The molecule has 0 rings (SSSR count). The average Bonchev–Trinajstić information content (AvgIpc) is 3.37. The van der Waals surface area contributed by atoms with Gasteiger partial charge in [-0.05, 0) is 38.5 Å². The van der Waals surface area contributed by atoms with Gasteiger partial charge in [0, 0.05) is 19.3 Å². The number of ether oxygens (including phenoxy) is 3. The lowest BCUT2D eigenvalue weighted by Crippen LogP contribution is -2.30. The van der Waals surface area contributed by atoms with Gasteiger partial charge in [0.25, 0.3) is 0 Å². The summed E-state index contributed by atoms with van der Waals surface area (Å²) in [7, 11) is 0. The highest BCUT2D eigenvalue weighted by atomic mass is 16.6. The second-order valence-electron chi connectivity index (χ2n) is 22.0. The van der Waals surface area contributed by atoms with Crippen molar-refractivity contribution >= 4 is 17.9 Å². The van der Waals surface area contributed by atoms with E-state index in [0.717, 1.165) is 70.6 Å². The molecule has 0 aromatic heterocycles. The monoisotopic (exact) mass is 1000 g/mol. The van der Waals surface area contributed by atoms with Gasteiger partial charge in [-0.15, -0.1) is 0 Å². The molecule has 0 aromatic carbocycles. The van der Waals surface area contributed by atoms with E-state index in [4.69, 9.17) is 14.2 Å². The van der Waals surface area contributed by atoms with Gasteiger partial charge in [0.05, 0.1) is 0 Å². The van der Waals surface area contributed by atoms with Gasteiger partial charge in [0.2, 0.25) is 0 Å². The molecule has 420 valence electrons. The van der Waals surface area contributed by atoms with Crippen molar-refractivity contribution in [3.63, 3.8) is 0 Å². The smallest absolute Gasteiger partial charge is 0.306 e. The first kappa shape index (κ1) is 69.2. The van der Waals surface area contributed by atoms with Crippen LogP contribution < -0.4 is 0 Å². The van der Waals surface area contributed by atoms with Crippen molar-refractivity contribution in [2.45, 2.75) is 374 Å². The van der Waals surface area contributed by atoms with E-state index in [1.165, 1.54) is 257 Å². The fraction of sp³-hybridized carbons (Fsp3) is 0.923. The fourth-order valence-electron chi connectivity index (χ4n) is 9.92. The van der Waals surface area contributed by atoms with Crippen molar-refractivity contribution in [3.8, 4) is 0 Å². The number of carbonyl (C=O) groups is 3. The highest BCUT2D eigenvalue weighted by Crippen LogP contribution is 2.18. The summed E-state index contributed by atoms with van der Waals surface area (Å²) in [6.45, 7) is 6.65. The Morgan fingerprint density at radius 2 is 0.493 bits per heavy atom. The Labute approximate surface area is 443 Å². The summed E-state index contributed by atoms with van der Waals surface area (Å²) in [5.41, 5.74) is 0. The van der Waals surface area contributed by atoms with Crippen molar-refractivity contribution in [1.82, 2.24) is 0 Å². The molecule has 6 nitrogen and oxygen atoms in total. The molecule has 1 unspecified atom stereocenters. The maximum atomic E-state index is 12.9. The average molecular weight is 1000 g/mol. The molecule has 0 amide bonds. The van der Waals surface area contributed by atoms with Gasteiger partial charge in [-0.3, -0.25) is 14.4 Å². The first-order valence-electron chi connectivity index (χ1n) is 32.2. The second-order valence-corrected chi connectivity index (χ2v) is 22.0. The molecule has 0 heterocycles. The van der Waals surface area contributed by atoms with Crippen molar-refractivity contribution in [1.29, 1.82) is 0 Å². The molecule has 0 N–H and O–H groups in total. The third-order valence-electron chi connectivity index (χ3n) is 14.8. The maximum Gasteiger partial charge on any atom is 0.306 e. The van der Waals surface area contributed by atoms with Crippen LogP contribution in [0.4, 0.5) is 0 Å². The summed E-state index contributed by atoms with van der Waals surface area (Å²) in [5.74, 6) is -0.850. The van der Waals surface area contributed by atoms with Crippen molar-refractivity contribution in [2.24, 2.45) is 0 Å². The number of unbranched alkanes of at least 4 members (excludes halogenated alkanes) is 47. The summed E-state index contributed by atoms with van der Waals surface area (Å²) in [4.78, 5) is 38.2. The minimum atomic E-state index is -0.768. The van der Waals surface area contributed by atoms with Gasteiger partial charge >= 0.3 is 17.9 Å². The molecule has 0 bridgehead atoms. The number of hydrogen-bond acceptors (Lipinski definition) is 6. The van der Waals surface area contributed by atoms with Gasteiger partial charge in [0.1, 0.15) is 13.2 Å². The van der Waals surface area contributed by atoms with Gasteiger partial charge < -0.3 is 14.2 Å². The molecule has 71 heavy (non-hydrogen) atoms. The van der Waals surface area contributed by atoms with E-state index in [2.05, 4.69) is 32.9 Å². The molecule has 0 radical (unpaired) electrons. The standard InChI is InChI=1S/C65H124O6/c1-4-7-10-13-16-19-22-24-26-28-29-30-31-32-33-34-35-36-38-39-41-43-46-49-52-55-58-64(67)70-61-62(60-69-63(66)57-54-51-48-45-21-18-15-12-9-6-3)71-65(68)59-56-53-50-47-44-42-40-37-27-25-23-20-17-14-11-8-5-2/h12,15,62H,4-11,13-14,16-61H2,1-3H3/b15-12-. The minimum Gasteiger partial charge on any atom is -0.462 e. The SMILES string of the molecule is CCC/C=C\CCCCCCCC(=O)OCC(COC(=O)CCCCCCCCCCCCCCCCCCCCCCCCCCCC)OC(=O)CCCCCCCCCCCCCCCCCCC. The molecule has 0 aliphatic heterocycles. The Kier molecular flexibility index (Phi) is 59.1. The largest absolute Gasteiger partial charge is 0.462 e. The summed E-state index contributed by atoms with van der Waals surface area (Å²) in [5, 5.41) is 0. The predicted molar refractivity (Wildman–Crippen MR) is 307 cm³/mol. The van der Waals surface area contributed by atoms with E-state index >= 15 is 0 Å². The number of hydrogen-bond donors (Lipinski definition) is 0. The summed E-state index contributed by atoms with van der Waals surface area (Å²) in [6.07, 6.45) is 71.0. The molecule has 0 saturated heterocycles. The van der Waals surface area contributed by atoms with Gasteiger partial charge in [-0.25, -0.2) is 0 Å². The minimum absolute atomic E-state index is 0.0664. The topological polar surface area (TPSA) is 78.9 Å². The normalized spacial score (nSPS) is 12.0. The van der Waals surface area contributed by atoms with Gasteiger partial charge in [-0.1, -0.05) is 322 Å². The van der Waals surface area contributed by atoms with E-state index in [0.29, 0.717) is 19.3 Å². The zero-order chi connectivity index (χ0) is 51.4. The number of carbonyl (C=O) groups excluding carboxylic acids is 3. The molecule has 1 atom stereocenters. The first-order chi connectivity index (χ1) is 35.0. The zero-order valence-electron chi connectivity index (χ0n) is 48.3. The lowest BCUT2D eigenvalue weighted by molar-refractivity contribution is -0.167. The highest BCUT2D eigenvalue weighted by molar-refractivity contribution is 5.71. The van der Waals surface area contributed by atoms with Crippen molar-refractivity contribution < 1.29 is 28.6 Å². The van der Waals surface area contributed by atoms with Gasteiger partial charge in [0.15, 0.2) is 6.10 Å². The Morgan fingerprint density at radius 3 is 0.761 bits per heavy atom. The van der Waals surface area contributed by atoms with E-state index in [1.54, 1.807) is 0 Å². The quantitative estimate of drug-likeness (QED) is 0.0261.